The van der Waals surface area contributed by atoms with Gasteiger partial charge in [-0.3, -0.25) is 9.59 Å². The predicted molar refractivity (Wildman–Crippen MR) is 91.3 cm³/mol. The van der Waals surface area contributed by atoms with Crippen LogP contribution in [0.15, 0.2) is 18.2 Å². The van der Waals surface area contributed by atoms with Crippen molar-refractivity contribution in [1.82, 2.24) is 5.32 Å². The molecule has 0 aliphatic heterocycles. The lowest BCUT2D eigenvalue weighted by molar-refractivity contribution is -0.0149. The molecule has 5 heteroatoms. The Bertz CT molecular complexity index is 581. The van der Waals surface area contributed by atoms with Crippen molar-refractivity contribution in [2.24, 2.45) is 11.1 Å². The van der Waals surface area contributed by atoms with Crippen molar-refractivity contribution in [1.29, 1.82) is 0 Å². The van der Waals surface area contributed by atoms with Crippen molar-refractivity contribution in [2.75, 3.05) is 6.54 Å². The molecule has 0 aromatic heterocycles. The molecule has 0 atom stereocenters. The maximum atomic E-state index is 12.3. The third-order valence-corrected chi connectivity index (χ3v) is 2.99. The van der Waals surface area contributed by atoms with Crippen LogP contribution in [0.2, 0.25) is 0 Å². The fourth-order valence-corrected chi connectivity index (χ4v) is 1.80. The lowest BCUT2D eigenvalue weighted by Crippen LogP contribution is -2.32. The summed E-state index contributed by atoms with van der Waals surface area (Å²) in [6, 6.07) is 4.91. The highest BCUT2D eigenvalue weighted by Gasteiger charge is 2.16. The van der Waals surface area contributed by atoms with Crippen LogP contribution in [-0.4, -0.2) is 24.0 Å². The first kappa shape index (κ1) is 19.2. The summed E-state index contributed by atoms with van der Waals surface area (Å²) in [6.45, 7) is 12.8. The van der Waals surface area contributed by atoms with Crippen LogP contribution in [0.1, 0.15) is 67.8 Å². The van der Waals surface area contributed by atoms with Crippen molar-refractivity contribution in [3.8, 4) is 0 Å². The van der Waals surface area contributed by atoms with Crippen LogP contribution in [-0.2, 0) is 11.3 Å². The molecular weight excluding hydrogens is 292 g/mol. The summed E-state index contributed by atoms with van der Waals surface area (Å²) < 4.78 is 5.72. The summed E-state index contributed by atoms with van der Waals surface area (Å²) in [5.41, 5.74) is 6.51. The molecule has 1 aromatic carbocycles. The van der Waals surface area contributed by atoms with Gasteiger partial charge in [0.25, 0.3) is 5.91 Å². The first-order valence-electron chi connectivity index (χ1n) is 7.73. The van der Waals surface area contributed by atoms with E-state index in [-0.39, 0.29) is 16.9 Å². The Hall–Kier alpha value is -1.88. The lowest BCUT2D eigenvalue weighted by Gasteiger charge is -2.21. The summed E-state index contributed by atoms with van der Waals surface area (Å²) in [7, 11) is 0. The van der Waals surface area contributed by atoms with Crippen molar-refractivity contribution in [3.63, 3.8) is 0 Å². The van der Waals surface area contributed by atoms with E-state index in [4.69, 9.17) is 10.5 Å². The number of nitrogens with one attached hydrogen (secondary N) is 1. The number of rotatable bonds is 5. The first-order chi connectivity index (χ1) is 10.4. The molecule has 0 fully saturated rings. The smallest absolute Gasteiger partial charge is 0.251 e. The fourth-order valence-electron chi connectivity index (χ4n) is 1.80. The average Bonchev–Trinajstić information content (AvgIpc) is 2.40. The molecule has 1 aromatic rings. The van der Waals surface area contributed by atoms with Crippen LogP contribution in [0.4, 0.5) is 0 Å². The highest BCUT2D eigenvalue weighted by Crippen LogP contribution is 2.16. The van der Waals surface area contributed by atoms with Gasteiger partial charge in [0.2, 0.25) is 5.91 Å². The topological polar surface area (TPSA) is 81.4 Å². The zero-order valence-electron chi connectivity index (χ0n) is 14.9. The number of amides is 2. The van der Waals surface area contributed by atoms with E-state index in [1.807, 2.05) is 41.5 Å². The minimum atomic E-state index is -0.563. The summed E-state index contributed by atoms with van der Waals surface area (Å²) >= 11 is 0. The quantitative estimate of drug-likeness (QED) is 0.875. The normalized spacial score (nSPS) is 12.1. The van der Waals surface area contributed by atoms with Crippen molar-refractivity contribution < 1.29 is 14.3 Å². The number of benzene rings is 1. The van der Waals surface area contributed by atoms with Gasteiger partial charge in [0.15, 0.2) is 0 Å². The highest BCUT2D eigenvalue weighted by molar-refractivity contribution is 5.99. The van der Waals surface area contributed by atoms with Gasteiger partial charge in [-0.1, -0.05) is 20.8 Å². The van der Waals surface area contributed by atoms with Gasteiger partial charge in [-0.05, 0) is 49.9 Å². The molecule has 1 rings (SSSR count). The van der Waals surface area contributed by atoms with E-state index in [1.54, 1.807) is 12.1 Å². The average molecular weight is 320 g/mol. The number of nitrogens with two attached hydrogens (primary N) is 1. The van der Waals surface area contributed by atoms with Gasteiger partial charge in [0, 0.05) is 17.7 Å². The van der Waals surface area contributed by atoms with Gasteiger partial charge in [-0.25, -0.2) is 0 Å². The van der Waals surface area contributed by atoms with Gasteiger partial charge in [0.05, 0.1) is 12.2 Å². The SMILES string of the molecule is CC(C)(C)CNC(=O)c1cc(COC(C)(C)C)cc(C(N)=O)c1. The molecule has 0 aliphatic rings. The Balaban J connectivity index is 2.99. The van der Waals surface area contributed by atoms with Gasteiger partial charge < -0.3 is 15.8 Å². The van der Waals surface area contributed by atoms with Crippen LogP contribution in [0.3, 0.4) is 0 Å². The molecule has 128 valence electrons. The van der Waals surface area contributed by atoms with E-state index in [1.165, 1.54) is 6.07 Å². The minimum Gasteiger partial charge on any atom is -0.371 e. The summed E-state index contributed by atoms with van der Waals surface area (Å²) in [6.07, 6.45) is 0. The van der Waals surface area contributed by atoms with Crippen LogP contribution in [0, 0.1) is 5.41 Å². The van der Waals surface area contributed by atoms with Gasteiger partial charge >= 0.3 is 0 Å². The molecule has 5 nitrogen and oxygen atoms in total. The maximum absolute atomic E-state index is 12.3. The predicted octanol–water partition coefficient (Wildman–Crippen LogP) is 2.88. The monoisotopic (exact) mass is 320 g/mol. The fraction of sp³-hybridized carbons (Fsp3) is 0.556. The third-order valence-electron chi connectivity index (χ3n) is 2.99. The summed E-state index contributed by atoms with van der Waals surface area (Å²) in [4.78, 5) is 23.8. The number of ether oxygens (including phenoxy) is 1. The molecule has 0 spiro atoms. The largest absolute Gasteiger partial charge is 0.371 e. The van der Waals surface area contributed by atoms with Crippen LogP contribution in [0.25, 0.3) is 0 Å². The zero-order chi connectivity index (χ0) is 17.8. The number of primary amides is 1. The Kier molecular flexibility index (Phi) is 5.94. The summed E-state index contributed by atoms with van der Waals surface area (Å²) in [5.74, 6) is -0.785. The molecule has 0 radical (unpaired) electrons. The number of hydrogen-bond donors (Lipinski definition) is 2. The van der Waals surface area contributed by atoms with E-state index in [9.17, 15) is 9.59 Å². The minimum absolute atomic E-state index is 0.0187. The number of hydrogen-bond acceptors (Lipinski definition) is 3. The molecule has 0 saturated carbocycles. The molecular formula is C18H28N2O3. The second-order valence-electron chi connectivity index (χ2n) is 7.93. The van der Waals surface area contributed by atoms with E-state index in [2.05, 4.69) is 5.32 Å². The number of carbonyl (C=O) groups excluding carboxylic acids is 2. The van der Waals surface area contributed by atoms with Crippen LogP contribution in [0.5, 0.6) is 0 Å². The molecule has 23 heavy (non-hydrogen) atoms. The third kappa shape index (κ3) is 7.28. The molecule has 0 aliphatic carbocycles. The second kappa shape index (κ2) is 7.13. The molecule has 0 saturated heterocycles. The van der Waals surface area contributed by atoms with Crippen LogP contribution >= 0.6 is 0 Å². The standard InChI is InChI=1S/C18H28N2O3/c1-17(2,3)11-20-16(22)14-8-12(10-23-18(4,5)6)7-13(9-14)15(19)21/h7-9H,10-11H2,1-6H3,(H2,19,21)(H,20,22). The molecule has 0 bridgehead atoms. The van der Waals surface area contributed by atoms with E-state index in [0.717, 1.165) is 5.56 Å². The van der Waals surface area contributed by atoms with Gasteiger partial charge in [0.1, 0.15) is 0 Å². The Morgan fingerprint density at radius 2 is 1.61 bits per heavy atom. The van der Waals surface area contributed by atoms with Crippen LogP contribution < -0.4 is 11.1 Å². The van der Waals surface area contributed by atoms with Crippen molar-refractivity contribution >= 4 is 11.8 Å². The van der Waals surface area contributed by atoms with Crippen molar-refractivity contribution in [3.05, 3.63) is 34.9 Å². The maximum Gasteiger partial charge on any atom is 0.251 e. The Labute approximate surface area is 138 Å². The highest BCUT2D eigenvalue weighted by atomic mass is 16.5. The molecule has 0 heterocycles. The summed E-state index contributed by atoms with van der Waals surface area (Å²) in [5, 5.41) is 2.87. The van der Waals surface area contributed by atoms with E-state index < -0.39 is 5.91 Å². The second-order valence-corrected chi connectivity index (χ2v) is 7.93. The first-order valence-corrected chi connectivity index (χ1v) is 7.73. The zero-order valence-corrected chi connectivity index (χ0v) is 14.9. The Morgan fingerprint density at radius 3 is 2.09 bits per heavy atom. The van der Waals surface area contributed by atoms with E-state index >= 15 is 0 Å². The van der Waals surface area contributed by atoms with Crippen molar-refractivity contribution in [2.45, 2.75) is 53.8 Å². The molecule has 2 amide bonds. The number of carbonyl (C=O) groups is 2. The molecule has 0 unspecified atom stereocenters. The molecule has 3 N–H and O–H groups in total. The van der Waals surface area contributed by atoms with Gasteiger partial charge in [-0.2, -0.15) is 0 Å². The Morgan fingerprint density at radius 1 is 1.04 bits per heavy atom. The lowest BCUT2D eigenvalue weighted by atomic mass is 9.96. The van der Waals surface area contributed by atoms with E-state index in [0.29, 0.717) is 24.3 Å². The van der Waals surface area contributed by atoms with Gasteiger partial charge in [-0.15, -0.1) is 0 Å².